The second-order valence-corrected chi connectivity index (χ2v) is 3.57. The maximum atomic E-state index is 3.36. The summed E-state index contributed by atoms with van der Waals surface area (Å²) in [6.07, 6.45) is 6.26. The Morgan fingerprint density at radius 3 is 2.40 bits per heavy atom. The van der Waals surface area contributed by atoms with Crippen LogP contribution in [0.2, 0.25) is 0 Å². The van der Waals surface area contributed by atoms with E-state index in [0.717, 1.165) is 6.54 Å². The number of fused-ring (bicyclic) bond motifs is 1. The molecule has 2 nitrogen and oxygen atoms in total. The second-order valence-electron chi connectivity index (χ2n) is 3.57. The van der Waals surface area contributed by atoms with E-state index in [4.69, 9.17) is 0 Å². The Morgan fingerprint density at radius 1 is 0.933 bits per heavy atom. The number of nitrogens with one attached hydrogen (secondary N) is 2. The van der Waals surface area contributed by atoms with Crippen LogP contribution in [0.1, 0.15) is 12.0 Å². The van der Waals surface area contributed by atoms with Gasteiger partial charge in [0.25, 0.3) is 0 Å². The van der Waals surface area contributed by atoms with Gasteiger partial charge in [-0.05, 0) is 36.6 Å². The SMILES string of the molecule is c1cc[nH]c1.c1ccc2c(c1)CCCN2. The van der Waals surface area contributed by atoms with Gasteiger partial charge in [0, 0.05) is 24.6 Å². The molecule has 0 spiro atoms. The molecular weight excluding hydrogens is 184 g/mol. The van der Waals surface area contributed by atoms with E-state index in [-0.39, 0.29) is 0 Å². The third-order valence-electron chi connectivity index (χ3n) is 2.45. The van der Waals surface area contributed by atoms with Crippen LogP contribution in [0, 0.1) is 0 Å². The Balaban J connectivity index is 0.000000144. The van der Waals surface area contributed by atoms with Crippen LogP contribution in [0.25, 0.3) is 0 Å². The predicted molar refractivity (Wildman–Crippen MR) is 64.0 cm³/mol. The Morgan fingerprint density at radius 2 is 1.73 bits per heavy atom. The van der Waals surface area contributed by atoms with E-state index >= 15 is 0 Å². The van der Waals surface area contributed by atoms with E-state index in [1.54, 1.807) is 0 Å². The third kappa shape index (κ3) is 2.88. The molecule has 0 radical (unpaired) electrons. The number of hydrogen-bond donors (Lipinski definition) is 2. The van der Waals surface area contributed by atoms with E-state index in [1.165, 1.54) is 24.1 Å². The van der Waals surface area contributed by atoms with Gasteiger partial charge in [0.05, 0.1) is 0 Å². The fourth-order valence-corrected chi connectivity index (χ4v) is 1.69. The Labute approximate surface area is 90.3 Å². The molecule has 2 heterocycles. The number of hydrogen-bond acceptors (Lipinski definition) is 1. The van der Waals surface area contributed by atoms with Gasteiger partial charge in [-0.2, -0.15) is 0 Å². The predicted octanol–water partition coefficient (Wildman–Crippen LogP) is 3.06. The molecule has 2 aromatic rings. The molecule has 0 amide bonds. The van der Waals surface area contributed by atoms with Crippen molar-refractivity contribution < 1.29 is 0 Å². The van der Waals surface area contributed by atoms with Gasteiger partial charge in [-0.1, -0.05) is 18.2 Å². The maximum Gasteiger partial charge on any atom is 0.0372 e. The zero-order valence-electron chi connectivity index (χ0n) is 8.74. The lowest BCUT2D eigenvalue weighted by molar-refractivity contribution is 0.830. The van der Waals surface area contributed by atoms with E-state index in [9.17, 15) is 0 Å². The van der Waals surface area contributed by atoms with E-state index in [1.807, 2.05) is 24.5 Å². The van der Waals surface area contributed by atoms with Crippen LogP contribution in [-0.4, -0.2) is 11.5 Å². The minimum Gasteiger partial charge on any atom is -0.385 e. The summed E-state index contributed by atoms with van der Waals surface area (Å²) in [5, 5.41) is 3.36. The van der Waals surface area contributed by atoms with Crippen molar-refractivity contribution in [3.8, 4) is 0 Å². The van der Waals surface area contributed by atoms with E-state index in [2.05, 4.69) is 34.6 Å². The third-order valence-corrected chi connectivity index (χ3v) is 2.45. The van der Waals surface area contributed by atoms with Crippen LogP contribution in [0.3, 0.4) is 0 Å². The average Bonchev–Trinajstić information content (AvgIpc) is 2.88. The first-order chi connectivity index (χ1) is 7.47. The number of aromatic nitrogens is 1. The molecule has 78 valence electrons. The van der Waals surface area contributed by atoms with Gasteiger partial charge < -0.3 is 10.3 Å². The normalized spacial score (nSPS) is 13.1. The molecule has 1 aromatic carbocycles. The number of aryl methyl sites for hydroxylation is 1. The molecule has 0 unspecified atom stereocenters. The highest BCUT2D eigenvalue weighted by molar-refractivity contribution is 5.52. The number of anilines is 1. The van der Waals surface area contributed by atoms with Crippen molar-refractivity contribution in [1.82, 2.24) is 4.98 Å². The molecule has 0 saturated carbocycles. The number of aromatic amines is 1. The molecule has 1 aliphatic heterocycles. The summed E-state index contributed by atoms with van der Waals surface area (Å²) in [6, 6.07) is 12.4. The lowest BCUT2D eigenvalue weighted by Crippen LogP contribution is -2.10. The van der Waals surface area contributed by atoms with Crippen LogP contribution >= 0.6 is 0 Å². The van der Waals surface area contributed by atoms with Gasteiger partial charge in [0.1, 0.15) is 0 Å². The summed E-state index contributed by atoms with van der Waals surface area (Å²) in [4.78, 5) is 2.86. The van der Waals surface area contributed by atoms with Gasteiger partial charge in [-0.25, -0.2) is 0 Å². The Kier molecular flexibility index (Phi) is 3.44. The summed E-state index contributed by atoms with van der Waals surface area (Å²) in [7, 11) is 0. The summed E-state index contributed by atoms with van der Waals surface area (Å²) in [5.41, 5.74) is 2.79. The summed E-state index contributed by atoms with van der Waals surface area (Å²) < 4.78 is 0. The van der Waals surface area contributed by atoms with Gasteiger partial charge >= 0.3 is 0 Å². The van der Waals surface area contributed by atoms with Gasteiger partial charge in [0.2, 0.25) is 0 Å². The van der Waals surface area contributed by atoms with Crippen molar-refractivity contribution in [1.29, 1.82) is 0 Å². The van der Waals surface area contributed by atoms with Crippen LogP contribution in [0.4, 0.5) is 5.69 Å². The molecule has 0 atom stereocenters. The van der Waals surface area contributed by atoms with Gasteiger partial charge in [0.15, 0.2) is 0 Å². The van der Waals surface area contributed by atoms with Crippen molar-refractivity contribution in [2.24, 2.45) is 0 Å². The lowest BCUT2D eigenvalue weighted by Gasteiger charge is -2.16. The molecule has 1 aliphatic rings. The molecule has 0 fully saturated rings. The number of benzene rings is 1. The quantitative estimate of drug-likeness (QED) is 0.672. The Bertz CT molecular complexity index is 337. The highest BCUT2D eigenvalue weighted by atomic mass is 14.9. The molecular formula is C13H16N2. The van der Waals surface area contributed by atoms with Crippen LogP contribution in [0.5, 0.6) is 0 Å². The smallest absolute Gasteiger partial charge is 0.0372 e. The van der Waals surface area contributed by atoms with Crippen molar-refractivity contribution in [3.63, 3.8) is 0 Å². The molecule has 0 bridgehead atoms. The summed E-state index contributed by atoms with van der Waals surface area (Å²) in [5.74, 6) is 0. The monoisotopic (exact) mass is 200 g/mol. The minimum absolute atomic E-state index is 1.14. The molecule has 3 rings (SSSR count). The number of rotatable bonds is 0. The summed E-state index contributed by atoms with van der Waals surface area (Å²) >= 11 is 0. The van der Waals surface area contributed by atoms with Crippen LogP contribution in [-0.2, 0) is 6.42 Å². The highest BCUT2D eigenvalue weighted by Crippen LogP contribution is 2.19. The number of H-pyrrole nitrogens is 1. The van der Waals surface area contributed by atoms with Crippen molar-refractivity contribution >= 4 is 5.69 Å². The molecule has 0 saturated heterocycles. The van der Waals surface area contributed by atoms with E-state index < -0.39 is 0 Å². The van der Waals surface area contributed by atoms with Crippen molar-refractivity contribution in [2.45, 2.75) is 12.8 Å². The largest absolute Gasteiger partial charge is 0.385 e. The Hall–Kier alpha value is -1.70. The zero-order valence-corrected chi connectivity index (χ0v) is 8.74. The van der Waals surface area contributed by atoms with Crippen molar-refractivity contribution in [2.75, 3.05) is 11.9 Å². The second kappa shape index (κ2) is 5.25. The molecule has 2 heteroatoms. The molecule has 15 heavy (non-hydrogen) atoms. The van der Waals surface area contributed by atoms with Crippen molar-refractivity contribution in [3.05, 3.63) is 54.4 Å². The number of para-hydroxylation sites is 1. The zero-order chi connectivity index (χ0) is 10.3. The van der Waals surface area contributed by atoms with Crippen LogP contribution in [0.15, 0.2) is 48.8 Å². The first-order valence-electron chi connectivity index (χ1n) is 5.36. The standard InChI is InChI=1S/C9H11N.C4H5N/c1-2-6-9-8(4-1)5-3-7-10-9;1-2-4-5-3-1/h1-2,4,6,10H,3,5,7H2;1-5H. The fourth-order valence-electron chi connectivity index (χ4n) is 1.69. The van der Waals surface area contributed by atoms with E-state index in [0.29, 0.717) is 0 Å². The maximum absolute atomic E-state index is 3.36. The molecule has 0 aliphatic carbocycles. The average molecular weight is 200 g/mol. The fraction of sp³-hybridized carbons (Fsp3) is 0.231. The lowest BCUT2D eigenvalue weighted by atomic mass is 10.0. The first-order valence-corrected chi connectivity index (χ1v) is 5.36. The molecule has 1 aromatic heterocycles. The topological polar surface area (TPSA) is 27.8 Å². The highest BCUT2D eigenvalue weighted by Gasteiger charge is 2.04. The van der Waals surface area contributed by atoms with Gasteiger partial charge in [-0.3, -0.25) is 0 Å². The minimum atomic E-state index is 1.14. The summed E-state index contributed by atoms with van der Waals surface area (Å²) in [6.45, 7) is 1.14. The first kappa shape index (κ1) is 9.84. The molecule has 2 N–H and O–H groups in total. The van der Waals surface area contributed by atoms with Gasteiger partial charge in [-0.15, -0.1) is 0 Å². The van der Waals surface area contributed by atoms with Crippen LogP contribution < -0.4 is 5.32 Å².